The maximum atomic E-state index is 6.06. The number of nitrogens with one attached hydrogen (secondary N) is 1. The van der Waals surface area contributed by atoms with E-state index in [1.165, 1.54) is 23.2 Å². The second-order valence-corrected chi connectivity index (χ2v) is 5.99. The first-order valence-corrected chi connectivity index (χ1v) is 7.85. The second kappa shape index (κ2) is 5.83. The molecule has 22 heavy (non-hydrogen) atoms. The molecule has 2 atom stereocenters. The van der Waals surface area contributed by atoms with Crippen molar-refractivity contribution in [1.82, 2.24) is 9.97 Å². The van der Waals surface area contributed by atoms with Gasteiger partial charge in [-0.3, -0.25) is 0 Å². The lowest BCUT2D eigenvalue weighted by molar-refractivity contribution is 0.679. The molecule has 116 valence electrons. The SMILES string of the molecule is CCC(c1ccc2c(c1)C(C)CCN2)c1cnc(N)nc1N. The Balaban J connectivity index is 2.02. The van der Waals surface area contributed by atoms with Gasteiger partial charge in [-0.05, 0) is 36.0 Å². The highest BCUT2D eigenvalue weighted by atomic mass is 15.0. The van der Waals surface area contributed by atoms with E-state index in [4.69, 9.17) is 11.5 Å². The molecule has 0 spiro atoms. The van der Waals surface area contributed by atoms with Crippen LogP contribution in [0.1, 0.15) is 55.2 Å². The quantitative estimate of drug-likeness (QED) is 0.810. The number of benzene rings is 1. The standard InChI is InChI=1S/C17H23N5/c1-3-12(14-9-21-17(19)22-16(14)18)11-4-5-15-13(8-11)10(2)6-7-20-15/h4-5,8-10,12,20H,3,6-7H2,1-2H3,(H4,18,19,21,22). The van der Waals surface area contributed by atoms with Crippen LogP contribution in [-0.2, 0) is 0 Å². The molecule has 0 fully saturated rings. The number of aromatic nitrogens is 2. The average molecular weight is 297 g/mol. The zero-order valence-electron chi connectivity index (χ0n) is 13.1. The Labute approximate surface area is 131 Å². The molecule has 5 heteroatoms. The van der Waals surface area contributed by atoms with E-state index in [2.05, 4.69) is 47.3 Å². The third kappa shape index (κ3) is 2.58. The third-order valence-corrected chi connectivity index (χ3v) is 4.55. The Hall–Kier alpha value is -2.30. The molecule has 2 aromatic rings. The van der Waals surface area contributed by atoms with Crippen molar-refractivity contribution in [3.63, 3.8) is 0 Å². The van der Waals surface area contributed by atoms with Crippen LogP contribution in [0.25, 0.3) is 0 Å². The number of rotatable bonds is 3. The molecule has 0 saturated carbocycles. The normalized spacial score (nSPS) is 18.4. The number of nitrogen functional groups attached to an aromatic ring is 2. The van der Waals surface area contributed by atoms with Crippen molar-refractivity contribution in [2.75, 3.05) is 23.3 Å². The number of nitrogens with zero attached hydrogens (tertiary/aromatic N) is 2. The number of anilines is 3. The lowest BCUT2D eigenvalue weighted by Crippen LogP contribution is -2.16. The van der Waals surface area contributed by atoms with Crippen molar-refractivity contribution in [3.8, 4) is 0 Å². The summed E-state index contributed by atoms with van der Waals surface area (Å²) in [5.41, 5.74) is 16.5. The number of hydrogen-bond donors (Lipinski definition) is 3. The average Bonchev–Trinajstić information content (AvgIpc) is 2.51. The Bertz CT molecular complexity index is 683. The van der Waals surface area contributed by atoms with Gasteiger partial charge in [0.05, 0.1) is 0 Å². The van der Waals surface area contributed by atoms with Crippen molar-refractivity contribution in [2.24, 2.45) is 0 Å². The maximum Gasteiger partial charge on any atom is 0.221 e. The maximum absolute atomic E-state index is 6.06. The lowest BCUT2D eigenvalue weighted by Gasteiger charge is -2.26. The van der Waals surface area contributed by atoms with Gasteiger partial charge >= 0.3 is 0 Å². The molecule has 1 aromatic heterocycles. The number of nitrogens with two attached hydrogens (primary N) is 2. The van der Waals surface area contributed by atoms with Gasteiger partial charge in [0.2, 0.25) is 5.95 Å². The molecule has 0 saturated heterocycles. The van der Waals surface area contributed by atoms with Crippen molar-refractivity contribution >= 4 is 17.5 Å². The first kappa shape index (κ1) is 14.6. The van der Waals surface area contributed by atoms with Gasteiger partial charge in [-0.1, -0.05) is 26.0 Å². The molecule has 0 amide bonds. The largest absolute Gasteiger partial charge is 0.385 e. The van der Waals surface area contributed by atoms with Gasteiger partial charge in [-0.15, -0.1) is 0 Å². The molecule has 0 aliphatic carbocycles. The molecule has 1 aliphatic heterocycles. The highest BCUT2D eigenvalue weighted by Crippen LogP contribution is 2.37. The van der Waals surface area contributed by atoms with E-state index in [-0.39, 0.29) is 11.9 Å². The first-order chi connectivity index (χ1) is 10.6. The molecule has 1 aromatic carbocycles. The molecule has 5 nitrogen and oxygen atoms in total. The molecule has 0 bridgehead atoms. The summed E-state index contributed by atoms with van der Waals surface area (Å²) in [5, 5.41) is 3.47. The predicted octanol–water partition coefficient (Wildman–Crippen LogP) is 3.10. The van der Waals surface area contributed by atoms with Crippen molar-refractivity contribution < 1.29 is 0 Å². The summed E-state index contributed by atoms with van der Waals surface area (Å²) < 4.78 is 0. The highest BCUT2D eigenvalue weighted by molar-refractivity contribution is 5.58. The van der Waals surface area contributed by atoms with Crippen LogP contribution in [0.2, 0.25) is 0 Å². The van der Waals surface area contributed by atoms with Crippen LogP contribution in [0.3, 0.4) is 0 Å². The van der Waals surface area contributed by atoms with E-state index in [9.17, 15) is 0 Å². The van der Waals surface area contributed by atoms with Crippen molar-refractivity contribution in [2.45, 2.75) is 38.5 Å². The molecule has 3 rings (SSSR count). The minimum atomic E-state index is 0.194. The molecular weight excluding hydrogens is 274 g/mol. The van der Waals surface area contributed by atoms with Crippen LogP contribution in [0.15, 0.2) is 24.4 Å². The van der Waals surface area contributed by atoms with Crippen LogP contribution >= 0.6 is 0 Å². The summed E-state index contributed by atoms with van der Waals surface area (Å²) in [6.45, 7) is 5.48. The Morgan fingerprint density at radius 1 is 1.36 bits per heavy atom. The van der Waals surface area contributed by atoms with Gasteiger partial charge in [0.15, 0.2) is 0 Å². The van der Waals surface area contributed by atoms with E-state index < -0.39 is 0 Å². The third-order valence-electron chi connectivity index (χ3n) is 4.55. The summed E-state index contributed by atoms with van der Waals surface area (Å²) in [7, 11) is 0. The topological polar surface area (TPSA) is 89.8 Å². The van der Waals surface area contributed by atoms with Gasteiger partial charge in [-0.2, -0.15) is 4.98 Å². The minimum Gasteiger partial charge on any atom is -0.385 e. The van der Waals surface area contributed by atoms with Crippen molar-refractivity contribution in [3.05, 3.63) is 41.1 Å². The van der Waals surface area contributed by atoms with Crippen LogP contribution in [-0.4, -0.2) is 16.5 Å². The van der Waals surface area contributed by atoms with Crippen LogP contribution < -0.4 is 16.8 Å². The van der Waals surface area contributed by atoms with Gasteiger partial charge in [-0.25, -0.2) is 4.98 Å². The van der Waals surface area contributed by atoms with Gasteiger partial charge in [0, 0.05) is 29.9 Å². The van der Waals surface area contributed by atoms with Crippen LogP contribution in [0, 0.1) is 0 Å². The fourth-order valence-corrected chi connectivity index (χ4v) is 3.27. The Morgan fingerprint density at radius 3 is 2.91 bits per heavy atom. The van der Waals surface area contributed by atoms with Crippen molar-refractivity contribution in [1.29, 1.82) is 0 Å². The fourth-order valence-electron chi connectivity index (χ4n) is 3.27. The molecule has 5 N–H and O–H groups in total. The number of hydrogen-bond acceptors (Lipinski definition) is 5. The molecule has 2 unspecified atom stereocenters. The van der Waals surface area contributed by atoms with E-state index in [1.807, 2.05) is 0 Å². The van der Waals surface area contributed by atoms with Gasteiger partial charge in [0.25, 0.3) is 0 Å². The number of fused-ring (bicyclic) bond motifs is 1. The highest BCUT2D eigenvalue weighted by Gasteiger charge is 2.21. The van der Waals surface area contributed by atoms with Gasteiger partial charge < -0.3 is 16.8 Å². The smallest absolute Gasteiger partial charge is 0.221 e. The van der Waals surface area contributed by atoms with Crippen LogP contribution in [0.5, 0.6) is 0 Å². The van der Waals surface area contributed by atoms with Gasteiger partial charge in [0.1, 0.15) is 5.82 Å². The predicted molar refractivity (Wildman–Crippen MR) is 91.0 cm³/mol. The Morgan fingerprint density at radius 2 is 2.18 bits per heavy atom. The van der Waals surface area contributed by atoms with E-state index in [1.54, 1.807) is 6.20 Å². The first-order valence-electron chi connectivity index (χ1n) is 7.85. The van der Waals surface area contributed by atoms with Crippen LogP contribution in [0.4, 0.5) is 17.5 Å². The van der Waals surface area contributed by atoms with E-state index >= 15 is 0 Å². The Kier molecular flexibility index (Phi) is 3.88. The summed E-state index contributed by atoms with van der Waals surface area (Å²) in [5.74, 6) is 1.47. The fraction of sp³-hybridized carbons (Fsp3) is 0.412. The second-order valence-electron chi connectivity index (χ2n) is 5.99. The molecule has 2 heterocycles. The molecule has 1 aliphatic rings. The van der Waals surface area contributed by atoms with E-state index in [0.717, 1.165) is 18.5 Å². The summed E-state index contributed by atoms with van der Waals surface area (Å²) in [4.78, 5) is 8.21. The zero-order valence-corrected chi connectivity index (χ0v) is 13.1. The minimum absolute atomic E-state index is 0.194. The summed E-state index contributed by atoms with van der Waals surface area (Å²) in [6.07, 6.45) is 3.87. The monoisotopic (exact) mass is 297 g/mol. The summed E-state index contributed by atoms with van der Waals surface area (Å²) >= 11 is 0. The summed E-state index contributed by atoms with van der Waals surface area (Å²) in [6, 6.07) is 6.65. The molecule has 0 radical (unpaired) electrons. The zero-order chi connectivity index (χ0) is 15.7. The van der Waals surface area contributed by atoms with E-state index in [0.29, 0.717) is 11.7 Å². The molecular formula is C17H23N5. The lowest BCUT2D eigenvalue weighted by atomic mass is 9.85.